The molecule has 0 heterocycles. The summed E-state index contributed by atoms with van der Waals surface area (Å²) in [6.07, 6.45) is 3.13. The zero-order valence-corrected chi connectivity index (χ0v) is 19.5. The number of rotatable bonds is 10. The van der Waals surface area contributed by atoms with Gasteiger partial charge in [0.1, 0.15) is 0 Å². The molecule has 8 heteroatoms. The van der Waals surface area contributed by atoms with E-state index in [1.54, 1.807) is 60.7 Å². The van der Waals surface area contributed by atoms with E-state index in [0.717, 1.165) is 0 Å². The third-order valence-corrected chi connectivity index (χ3v) is 5.06. The Morgan fingerprint density at radius 2 is 0.917 bits per heavy atom. The predicted octanol–water partition coefficient (Wildman–Crippen LogP) is 4.02. The smallest absolute Gasteiger partial charge is 0.255 e. The van der Waals surface area contributed by atoms with Crippen molar-refractivity contribution in [2.45, 2.75) is 0 Å². The van der Waals surface area contributed by atoms with Gasteiger partial charge in [0.05, 0.1) is 22.5 Å². The molecule has 36 heavy (non-hydrogen) atoms. The molecular weight excluding hydrogens is 456 g/mol. The van der Waals surface area contributed by atoms with E-state index in [1.807, 2.05) is 0 Å². The number of para-hydroxylation sites is 2. The highest BCUT2D eigenvalue weighted by Crippen LogP contribution is 2.18. The molecule has 0 aliphatic heterocycles. The molecule has 3 aromatic rings. The summed E-state index contributed by atoms with van der Waals surface area (Å²) in [5.41, 5.74) is 1.96. The Morgan fingerprint density at radius 1 is 0.556 bits per heavy atom. The van der Waals surface area contributed by atoms with Gasteiger partial charge in [-0.05, 0) is 48.5 Å². The zero-order chi connectivity index (χ0) is 25.9. The molecule has 3 rings (SSSR count). The number of hydrogen-bond donors (Lipinski definition) is 4. The van der Waals surface area contributed by atoms with Crippen LogP contribution in [0, 0.1) is 0 Å². The van der Waals surface area contributed by atoms with Crippen molar-refractivity contribution < 1.29 is 19.2 Å². The molecule has 0 aliphatic carbocycles. The highest BCUT2D eigenvalue weighted by Gasteiger charge is 2.16. The molecule has 8 nitrogen and oxygen atoms in total. The van der Waals surface area contributed by atoms with Crippen LogP contribution in [0.25, 0.3) is 0 Å². The Balaban J connectivity index is 1.70. The molecule has 4 amide bonds. The second-order valence-corrected chi connectivity index (χ2v) is 7.57. The number of carbonyl (C=O) groups excluding carboxylic acids is 4. The summed E-state index contributed by atoms with van der Waals surface area (Å²) >= 11 is 0. The fourth-order valence-electron chi connectivity index (χ4n) is 3.26. The zero-order valence-electron chi connectivity index (χ0n) is 19.5. The third kappa shape index (κ3) is 6.54. The fraction of sp³-hybridized carbons (Fsp3) is 0.0714. The second kappa shape index (κ2) is 12.5. The average molecular weight is 483 g/mol. The van der Waals surface area contributed by atoms with Gasteiger partial charge >= 0.3 is 0 Å². The number of hydrogen-bond acceptors (Lipinski definition) is 4. The summed E-state index contributed by atoms with van der Waals surface area (Å²) < 4.78 is 0. The molecule has 4 N–H and O–H groups in total. The number of benzene rings is 3. The quantitative estimate of drug-likeness (QED) is 0.327. The number of nitrogens with one attached hydrogen (secondary N) is 4. The number of carbonyl (C=O) groups is 4. The lowest BCUT2D eigenvalue weighted by atomic mass is 10.1. The molecule has 3 aromatic carbocycles. The first-order valence-corrected chi connectivity index (χ1v) is 11.1. The SMILES string of the molecule is C=CCNC(=O)c1ccccc1NC(=O)c1ccc(C(=O)Nc2ccccc2C(=O)NCC=C)cc1. The first kappa shape index (κ1) is 25.6. The van der Waals surface area contributed by atoms with Crippen LogP contribution in [-0.2, 0) is 0 Å². The van der Waals surface area contributed by atoms with Crippen LogP contribution in [0.3, 0.4) is 0 Å². The Bertz CT molecular complexity index is 1200. The summed E-state index contributed by atoms with van der Waals surface area (Å²) in [5.74, 6) is -1.54. The lowest BCUT2D eigenvalue weighted by Crippen LogP contribution is -2.25. The molecule has 0 saturated heterocycles. The van der Waals surface area contributed by atoms with Gasteiger partial charge in [-0.1, -0.05) is 36.4 Å². The third-order valence-electron chi connectivity index (χ3n) is 5.06. The largest absolute Gasteiger partial charge is 0.349 e. The van der Waals surface area contributed by atoms with Crippen LogP contribution in [0.5, 0.6) is 0 Å². The van der Waals surface area contributed by atoms with Crippen molar-refractivity contribution in [3.63, 3.8) is 0 Å². The van der Waals surface area contributed by atoms with Crippen molar-refractivity contribution in [2.24, 2.45) is 0 Å². The van der Waals surface area contributed by atoms with Gasteiger partial charge in [-0.2, -0.15) is 0 Å². The maximum atomic E-state index is 12.8. The Morgan fingerprint density at radius 3 is 1.28 bits per heavy atom. The van der Waals surface area contributed by atoms with E-state index in [1.165, 1.54) is 24.3 Å². The van der Waals surface area contributed by atoms with Crippen LogP contribution in [0.1, 0.15) is 41.4 Å². The maximum absolute atomic E-state index is 12.8. The van der Waals surface area contributed by atoms with E-state index in [9.17, 15) is 19.2 Å². The van der Waals surface area contributed by atoms with Crippen molar-refractivity contribution in [3.8, 4) is 0 Å². The van der Waals surface area contributed by atoms with Crippen LogP contribution in [0.4, 0.5) is 11.4 Å². The molecule has 0 saturated carbocycles. The summed E-state index contributed by atoms with van der Waals surface area (Å²) in [5, 5.41) is 10.8. The number of amides is 4. The van der Waals surface area contributed by atoms with Gasteiger partial charge in [-0.3, -0.25) is 19.2 Å². The predicted molar refractivity (Wildman–Crippen MR) is 140 cm³/mol. The Hall–Kier alpha value is -4.98. The second-order valence-electron chi connectivity index (χ2n) is 7.57. The molecular formula is C28H26N4O4. The molecule has 0 aliphatic rings. The maximum Gasteiger partial charge on any atom is 0.255 e. The van der Waals surface area contributed by atoms with Crippen molar-refractivity contribution >= 4 is 35.0 Å². The molecule has 0 radical (unpaired) electrons. The van der Waals surface area contributed by atoms with Crippen LogP contribution >= 0.6 is 0 Å². The van der Waals surface area contributed by atoms with Crippen LogP contribution in [0.2, 0.25) is 0 Å². The van der Waals surface area contributed by atoms with E-state index in [0.29, 0.717) is 46.7 Å². The molecule has 0 unspecified atom stereocenters. The highest BCUT2D eigenvalue weighted by molar-refractivity contribution is 6.11. The minimum atomic E-state index is -0.435. The molecule has 0 fully saturated rings. The van der Waals surface area contributed by atoms with Crippen molar-refractivity contribution in [1.29, 1.82) is 0 Å². The molecule has 0 spiro atoms. The monoisotopic (exact) mass is 482 g/mol. The lowest BCUT2D eigenvalue weighted by Gasteiger charge is -2.12. The standard InChI is InChI=1S/C28H26N4O4/c1-3-17-29-27(35)21-9-5-7-11-23(21)31-25(33)19-13-15-20(16-14-19)26(34)32-24-12-8-6-10-22(24)28(36)30-18-4-2/h3-16H,1-2,17-18H2,(H,29,35)(H,30,36)(H,31,33)(H,32,34). The van der Waals surface area contributed by atoms with Crippen LogP contribution < -0.4 is 21.3 Å². The van der Waals surface area contributed by atoms with Gasteiger partial charge in [0.2, 0.25) is 0 Å². The van der Waals surface area contributed by atoms with E-state index < -0.39 is 11.8 Å². The van der Waals surface area contributed by atoms with E-state index in [2.05, 4.69) is 34.4 Å². The van der Waals surface area contributed by atoms with Gasteiger partial charge in [-0.15, -0.1) is 13.2 Å². The molecule has 0 aromatic heterocycles. The minimum Gasteiger partial charge on any atom is -0.349 e. The van der Waals surface area contributed by atoms with Gasteiger partial charge in [0.15, 0.2) is 0 Å². The summed E-state index contributed by atoms with van der Waals surface area (Å²) in [6, 6.07) is 19.3. The average Bonchev–Trinajstić information content (AvgIpc) is 2.91. The molecule has 182 valence electrons. The van der Waals surface area contributed by atoms with Gasteiger partial charge in [0.25, 0.3) is 23.6 Å². The van der Waals surface area contributed by atoms with Crippen LogP contribution in [0.15, 0.2) is 98.1 Å². The highest BCUT2D eigenvalue weighted by atomic mass is 16.2. The van der Waals surface area contributed by atoms with Gasteiger partial charge < -0.3 is 21.3 Å². The Kier molecular flexibility index (Phi) is 8.88. The molecule has 0 atom stereocenters. The topological polar surface area (TPSA) is 116 Å². The minimum absolute atomic E-state index is 0.300. The first-order chi connectivity index (χ1) is 17.4. The number of anilines is 2. The van der Waals surface area contributed by atoms with Gasteiger partial charge in [-0.25, -0.2) is 0 Å². The van der Waals surface area contributed by atoms with E-state index in [4.69, 9.17) is 0 Å². The normalized spacial score (nSPS) is 10.0. The van der Waals surface area contributed by atoms with Crippen molar-refractivity contribution in [1.82, 2.24) is 10.6 Å². The lowest BCUT2D eigenvalue weighted by molar-refractivity contribution is 0.0949. The van der Waals surface area contributed by atoms with Crippen LogP contribution in [-0.4, -0.2) is 36.7 Å². The van der Waals surface area contributed by atoms with Crippen molar-refractivity contribution in [3.05, 3.63) is 120 Å². The van der Waals surface area contributed by atoms with Crippen molar-refractivity contribution in [2.75, 3.05) is 23.7 Å². The molecule has 0 bridgehead atoms. The first-order valence-electron chi connectivity index (χ1n) is 11.1. The summed E-state index contributed by atoms with van der Waals surface area (Å²) in [6.45, 7) is 7.74. The summed E-state index contributed by atoms with van der Waals surface area (Å²) in [4.78, 5) is 50.2. The Labute approximate surface area is 209 Å². The fourth-order valence-corrected chi connectivity index (χ4v) is 3.26. The summed E-state index contributed by atoms with van der Waals surface area (Å²) in [7, 11) is 0. The van der Waals surface area contributed by atoms with E-state index in [-0.39, 0.29) is 11.8 Å². The van der Waals surface area contributed by atoms with E-state index >= 15 is 0 Å². The van der Waals surface area contributed by atoms with Gasteiger partial charge in [0, 0.05) is 24.2 Å².